The minimum atomic E-state index is -0.980. The second kappa shape index (κ2) is 3.71. The first-order valence-corrected chi connectivity index (χ1v) is 2.74. The zero-order valence-corrected chi connectivity index (χ0v) is 5.10. The number of rotatable bonds is 3. The van der Waals surface area contributed by atoms with Crippen LogP contribution in [0.2, 0.25) is 0 Å². The molecule has 8 heavy (non-hydrogen) atoms. The van der Waals surface area contributed by atoms with Gasteiger partial charge in [-0.2, -0.15) is 0 Å². The summed E-state index contributed by atoms with van der Waals surface area (Å²) in [4.78, 5) is 9.90. The van der Waals surface area contributed by atoms with Crippen molar-refractivity contribution in [3.63, 3.8) is 0 Å². The van der Waals surface area contributed by atoms with Crippen LogP contribution in [0.1, 0.15) is 6.92 Å². The first kappa shape index (κ1) is 7.74. The Balaban J connectivity index is 3.32. The molecular weight excluding hydrogens is 130 g/mol. The van der Waals surface area contributed by atoms with Crippen LogP contribution in [0.15, 0.2) is 0 Å². The van der Waals surface area contributed by atoms with E-state index in [1.165, 1.54) is 6.92 Å². The van der Waals surface area contributed by atoms with Crippen molar-refractivity contribution in [2.24, 2.45) is 0 Å². The van der Waals surface area contributed by atoms with E-state index in [4.69, 9.17) is 9.66 Å². The van der Waals surface area contributed by atoms with Crippen molar-refractivity contribution >= 4 is 18.2 Å². The molecule has 0 fully saturated rings. The maximum absolute atomic E-state index is 9.90. The van der Waals surface area contributed by atoms with Gasteiger partial charge < -0.3 is 9.66 Å². The maximum Gasteiger partial charge on any atom is 0.321 e. The van der Waals surface area contributed by atoms with Gasteiger partial charge in [0.25, 0.3) is 0 Å². The summed E-state index contributed by atoms with van der Waals surface area (Å²) >= 11 is 0.307. The summed E-state index contributed by atoms with van der Waals surface area (Å²) in [5.41, 5.74) is 0. The molecule has 1 atom stereocenters. The Kier molecular flexibility index (Phi) is 3.59. The van der Waals surface area contributed by atoms with E-state index in [1.807, 2.05) is 0 Å². The van der Waals surface area contributed by atoms with Gasteiger partial charge in [-0.25, -0.2) is 4.72 Å². The van der Waals surface area contributed by atoms with Crippen LogP contribution < -0.4 is 4.72 Å². The van der Waals surface area contributed by atoms with E-state index in [2.05, 4.69) is 4.72 Å². The Bertz CT molecular complexity index is 86.6. The summed E-state index contributed by atoms with van der Waals surface area (Å²) in [5, 5.41) is 8.13. The van der Waals surface area contributed by atoms with Crippen LogP contribution in [-0.2, 0) is 4.79 Å². The smallest absolute Gasteiger partial charge is 0.321 e. The van der Waals surface area contributed by atoms with Gasteiger partial charge in [0.2, 0.25) is 0 Å². The normalized spacial score (nSPS) is 13.2. The summed E-state index contributed by atoms with van der Waals surface area (Å²) in [6.07, 6.45) is 0. The van der Waals surface area contributed by atoms with E-state index in [0.29, 0.717) is 12.2 Å². The Hall–Kier alpha value is -0.260. The monoisotopic (exact) mass is 137 g/mol. The van der Waals surface area contributed by atoms with Crippen molar-refractivity contribution in [3.05, 3.63) is 0 Å². The van der Waals surface area contributed by atoms with E-state index >= 15 is 0 Å². The summed E-state index contributed by atoms with van der Waals surface area (Å²) < 4.78 is 10.2. The quantitative estimate of drug-likeness (QED) is 0.382. The van der Waals surface area contributed by atoms with E-state index in [-0.39, 0.29) is 0 Å². The minimum Gasteiger partial charge on any atom is -0.480 e. The predicted octanol–water partition coefficient (Wildman–Crippen LogP) is 0.170. The molecule has 3 N–H and O–H groups in total. The number of carboxylic acid groups (broad SMARTS) is 1. The molecule has 0 unspecified atom stereocenters. The topological polar surface area (TPSA) is 69.6 Å². The van der Waals surface area contributed by atoms with Crippen LogP contribution in [0.3, 0.4) is 0 Å². The zero-order valence-electron chi connectivity index (χ0n) is 4.29. The molecule has 0 aromatic rings. The van der Waals surface area contributed by atoms with Crippen molar-refractivity contribution in [2.45, 2.75) is 13.0 Å². The predicted molar refractivity (Wildman–Crippen MR) is 30.5 cm³/mol. The van der Waals surface area contributed by atoms with E-state index in [1.54, 1.807) is 0 Å². The highest BCUT2D eigenvalue weighted by atomic mass is 32.2. The van der Waals surface area contributed by atoms with Gasteiger partial charge in [-0.1, -0.05) is 0 Å². The highest BCUT2D eigenvalue weighted by Gasteiger charge is 2.07. The molecule has 0 rings (SSSR count). The third-order valence-corrected chi connectivity index (χ3v) is 1.06. The molecule has 0 saturated heterocycles. The molecule has 0 heterocycles. The molecule has 48 valence electrons. The van der Waals surface area contributed by atoms with Gasteiger partial charge in [0.15, 0.2) is 0 Å². The van der Waals surface area contributed by atoms with Gasteiger partial charge in [0, 0.05) is 0 Å². The molecule has 0 radical (unpaired) electrons. The third kappa shape index (κ3) is 2.84. The lowest BCUT2D eigenvalue weighted by Crippen LogP contribution is -2.28. The molecule has 4 nitrogen and oxygen atoms in total. The maximum atomic E-state index is 9.90. The first-order valence-electron chi connectivity index (χ1n) is 1.97. The van der Waals surface area contributed by atoms with Gasteiger partial charge in [0.05, 0.1) is 12.2 Å². The Labute approximate surface area is 51.2 Å². The van der Waals surface area contributed by atoms with Gasteiger partial charge in [-0.3, -0.25) is 4.79 Å². The van der Waals surface area contributed by atoms with E-state index < -0.39 is 12.0 Å². The van der Waals surface area contributed by atoms with Crippen LogP contribution in [0.4, 0.5) is 0 Å². The van der Waals surface area contributed by atoms with Crippen LogP contribution in [0, 0.1) is 0 Å². The molecule has 0 spiro atoms. The molecule has 0 aliphatic heterocycles. The average Bonchev–Trinajstić information content (AvgIpc) is 1.67. The SMILES string of the molecule is C[C@H](NSO)C(=O)O. The molecule has 0 saturated carbocycles. The van der Waals surface area contributed by atoms with Crippen LogP contribution in [0.25, 0.3) is 0 Å². The summed E-state index contributed by atoms with van der Waals surface area (Å²) in [6, 6.07) is -0.704. The van der Waals surface area contributed by atoms with Crippen molar-refractivity contribution in [1.82, 2.24) is 4.72 Å². The van der Waals surface area contributed by atoms with Crippen molar-refractivity contribution in [2.75, 3.05) is 0 Å². The van der Waals surface area contributed by atoms with Gasteiger partial charge >= 0.3 is 5.97 Å². The fraction of sp³-hybridized carbons (Fsp3) is 0.667. The lowest BCUT2D eigenvalue weighted by Gasteiger charge is -2.01. The van der Waals surface area contributed by atoms with E-state index in [0.717, 1.165) is 0 Å². The molecular formula is C3H7NO3S. The molecule has 0 aromatic heterocycles. The number of hydrogen-bond donors (Lipinski definition) is 3. The number of aliphatic carboxylic acids is 1. The molecule has 0 aliphatic carbocycles. The van der Waals surface area contributed by atoms with E-state index in [9.17, 15) is 4.79 Å². The lowest BCUT2D eigenvalue weighted by molar-refractivity contribution is -0.138. The molecule has 5 heteroatoms. The van der Waals surface area contributed by atoms with Gasteiger partial charge in [0.1, 0.15) is 6.04 Å². The summed E-state index contributed by atoms with van der Waals surface area (Å²) in [7, 11) is 0. The van der Waals surface area contributed by atoms with Gasteiger partial charge in [-0.15, -0.1) is 0 Å². The summed E-state index contributed by atoms with van der Waals surface area (Å²) in [5.74, 6) is -0.980. The average molecular weight is 137 g/mol. The number of carbonyl (C=O) groups is 1. The number of carboxylic acids is 1. The molecule has 0 aliphatic rings. The van der Waals surface area contributed by atoms with Crippen molar-refractivity contribution < 1.29 is 14.5 Å². The van der Waals surface area contributed by atoms with Crippen molar-refractivity contribution in [1.29, 1.82) is 0 Å². The van der Waals surface area contributed by atoms with Crippen LogP contribution >= 0.6 is 12.2 Å². The molecule has 0 amide bonds. The van der Waals surface area contributed by atoms with Crippen LogP contribution in [0.5, 0.6) is 0 Å². The second-order valence-electron chi connectivity index (χ2n) is 1.27. The highest BCUT2D eigenvalue weighted by molar-refractivity contribution is 7.91. The molecule has 0 aromatic carbocycles. The first-order chi connectivity index (χ1) is 3.68. The van der Waals surface area contributed by atoms with Gasteiger partial charge in [-0.05, 0) is 6.92 Å². The molecule has 0 bridgehead atoms. The Morgan fingerprint density at radius 1 is 1.88 bits per heavy atom. The second-order valence-corrected chi connectivity index (χ2v) is 1.69. The van der Waals surface area contributed by atoms with Crippen molar-refractivity contribution in [3.8, 4) is 0 Å². The third-order valence-electron chi connectivity index (χ3n) is 0.600. The fourth-order valence-corrected chi connectivity index (χ4v) is 0.388. The Morgan fingerprint density at radius 2 is 2.38 bits per heavy atom. The summed E-state index contributed by atoms with van der Waals surface area (Å²) in [6.45, 7) is 1.44. The standard InChI is InChI=1S/C3H7NO3S/c1-2(3(5)6)4-8-7/h2,4,7H,1H3,(H,5,6)/t2-/m0/s1. The fourth-order valence-electron chi connectivity index (χ4n) is 0.129. The highest BCUT2D eigenvalue weighted by Crippen LogP contribution is 1.87. The number of hydrogen-bond acceptors (Lipinski definition) is 4. The largest absolute Gasteiger partial charge is 0.480 e. The van der Waals surface area contributed by atoms with Crippen LogP contribution in [-0.4, -0.2) is 21.7 Å². The minimum absolute atomic E-state index is 0.307. The lowest BCUT2D eigenvalue weighted by atomic mass is 10.4. The zero-order chi connectivity index (χ0) is 6.57. The number of nitrogens with one attached hydrogen (secondary N) is 1. The Morgan fingerprint density at radius 3 is 2.50 bits per heavy atom.